The number of hydrogen-bond donors (Lipinski definition) is 0. The van der Waals surface area contributed by atoms with E-state index in [2.05, 4.69) is 6.07 Å². The van der Waals surface area contributed by atoms with Gasteiger partial charge in [0.15, 0.2) is 0 Å². The third kappa shape index (κ3) is 2.47. The van der Waals surface area contributed by atoms with Crippen LogP contribution in [0.15, 0.2) is 42.5 Å². The summed E-state index contributed by atoms with van der Waals surface area (Å²) in [5.41, 5.74) is 0.410. The Kier molecular flexibility index (Phi) is 3.28. The molecule has 0 aliphatic rings. The fourth-order valence-electron chi connectivity index (χ4n) is 1.69. The molecule has 0 saturated heterocycles. The SMILES string of the molecule is COc1c[c]ccc1-c1cccc(C(F)(F)F)c1. The van der Waals surface area contributed by atoms with E-state index in [0.717, 1.165) is 12.1 Å². The van der Waals surface area contributed by atoms with Gasteiger partial charge in [0.2, 0.25) is 0 Å². The molecule has 1 nitrogen and oxygen atoms in total. The van der Waals surface area contributed by atoms with E-state index < -0.39 is 11.7 Å². The molecule has 0 heterocycles. The van der Waals surface area contributed by atoms with Gasteiger partial charge in [-0.1, -0.05) is 24.3 Å². The minimum Gasteiger partial charge on any atom is -0.496 e. The molecule has 0 N–H and O–H groups in total. The van der Waals surface area contributed by atoms with Crippen LogP contribution in [0.2, 0.25) is 0 Å². The highest BCUT2D eigenvalue weighted by Gasteiger charge is 2.30. The van der Waals surface area contributed by atoms with Crippen molar-refractivity contribution >= 4 is 0 Å². The summed E-state index contributed by atoms with van der Waals surface area (Å²) in [6, 6.07) is 12.9. The fraction of sp³-hybridized carbons (Fsp3) is 0.143. The van der Waals surface area contributed by atoms with Crippen molar-refractivity contribution in [2.45, 2.75) is 6.18 Å². The first-order chi connectivity index (χ1) is 8.52. The van der Waals surface area contributed by atoms with E-state index in [4.69, 9.17) is 4.74 Å². The van der Waals surface area contributed by atoms with E-state index in [1.807, 2.05) is 0 Å². The normalized spacial score (nSPS) is 11.3. The smallest absolute Gasteiger partial charge is 0.416 e. The van der Waals surface area contributed by atoms with Crippen LogP contribution in [0, 0.1) is 6.07 Å². The van der Waals surface area contributed by atoms with Gasteiger partial charge >= 0.3 is 6.18 Å². The minimum absolute atomic E-state index is 0.468. The molecule has 0 fully saturated rings. The fourth-order valence-corrected chi connectivity index (χ4v) is 1.69. The van der Waals surface area contributed by atoms with Crippen LogP contribution in [-0.4, -0.2) is 7.11 Å². The summed E-state index contributed by atoms with van der Waals surface area (Å²) < 4.78 is 43.0. The lowest BCUT2D eigenvalue weighted by atomic mass is 10.0. The zero-order chi connectivity index (χ0) is 13.2. The van der Waals surface area contributed by atoms with Gasteiger partial charge in [-0.3, -0.25) is 0 Å². The van der Waals surface area contributed by atoms with Crippen LogP contribution in [0.3, 0.4) is 0 Å². The minimum atomic E-state index is -4.34. The molecule has 2 rings (SSSR count). The van der Waals surface area contributed by atoms with Crippen molar-refractivity contribution in [3.63, 3.8) is 0 Å². The van der Waals surface area contributed by atoms with Crippen LogP contribution < -0.4 is 4.74 Å². The van der Waals surface area contributed by atoms with Gasteiger partial charge in [0.1, 0.15) is 5.75 Å². The number of hydrogen-bond acceptors (Lipinski definition) is 1. The largest absolute Gasteiger partial charge is 0.496 e. The Morgan fingerprint density at radius 2 is 1.94 bits per heavy atom. The van der Waals surface area contributed by atoms with Gasteiger partial charge in [-0.05, 0) is 29.8 Å². The van der Waals surface area contributed by atoms with Gasteiger partial charge in [0.25, 0.3) is 0 Å². The zero-order valence-corrected chi connectivity index (χ0v) is 9.58. The first-order valence-electron chi connectivity index (χ1n) is 5.24. The monoisotopic (exact) mass is 251 g/mol. The van der Waals surface area contributed by atoms with Crippen molar-refractivity contribution < 1.29 is 17.9 Å². The van der Waals surface area contributed by atoms with E-state index in [1.54, 1.807) is 24.3 Å². The predicted octanol–water partition coefficient (Wildman–Crippen LogP) is 4.18. The number of rotatable bonds is 2. The van der Waals surface area contributed by atoms with Crippen molar-refractivity contribution in [3.05, 3.63) is 54.1 Å². The van der Waals surface area contributed by atoms with Gasteiger partial charge in [0, 0.05) is 5.56 Å². The number of methoxy groups -OCH3 is 1. The van der Waals surface area contributed by atoms with Crippen LogP contribution in [0.25, 0.3) is 11.1 Å². The molecule has 18 heavy (non-hydrogen) atoms. The molecule has 0 spiro atoms. The molecule has 0 amide bonds. The Morgan fingerprint density at radius 3 is 2.61 bits per heavy atom. The van der Waals surface area contributed by atoms with Crippen molar-refractivity contribution in [1.29, 1.82) is 0 Å². The molecule has 93 valence electrons. The lowest BCUT2D eigenvalue weighted by Crippen LogP contribution is -2.04. The molecule has 2 aromatic carbocycles. The molecule has 1 radical (unpaired) electrons. The van der Waals surface area contributed by atoms with Crippen LogP contribution in [-0.2, 0) is 6.18 Å². The molecule has 0 bridgehead atoms. The molecule has 0 aliphatic carbocycles. The second-order valence-electron chi connectivity index (χ2n) is 3.70. The molecule has 0 aliphatic heterocycles. The molecule has 0 aromatic heterocycles. The maximum atomic E-state index is 12.6. The highest BCUT2D eigenvalue weighted by Crippen LogP contribution is 2.34. The quantitative estimate of drug-likeness (QED) is 0.778. The van der Waals surface area contributed by atoms with Crippen LogP contribution in [0.4, 0.5) is 13.2 Å². The Labute approximate surface area is 103 Å². The van der Waals surface area contributed by atoms with E-state index in [-0.39, 0.29) is 0 Å². The summed E-state index contributed by atoms with van der Waals surface area (Å²) in [4.78, 5) is 0. The average Bonchev–Trinajstić information content (AvgIpc) is 2.38. The van der Waals surface area contributed by atoms with E-state index in [1.165, 1.54) is 13.2 Å². The highest BCUT2D eigenvalue weighted by molar-refractivity contribution is 5.70. The highest BCUT2D eigenvalue weighted by atomic mass is 19.4. The third-order valence-corrected chi connectivity index (χ3v) is 2.55. The van der Waals surface area contributed by atoms with Gasteiger partial charge in [-0.15, -0.1) is 0 Å². The van der Waals surface area contributed by atoms with Crippen molar-refractivity contribution in [1.82, 2.24) is 0 Å². The van der Waals surface area contributed by atoms with Crippen LogP contribution in [0.1, 0.15) is 5.56 Å². The molecule has 4 heteroatoms. The Balaban J connectivity index is 2.51. The zero-order valence-electron chi connectivity index (χ0n) is 9.58. The standard InChI is InChI=1S/C14H10F3O/c1-18-13-8-3-2-7-12(13)10-5-4-6-11(9-10)14(15,16)17/h2,4-9H,1H3. The van der Waals surface area contributed by atoms with E-state index >= 15 is 0 Å². The second kappa shape index (κ2) is 4.72. The van der Waals surface area contributed by atoms with Crippen molar-refractivity contribution in [3.8, 4) is 16.9 Å². The van der Waals surface area contributed by atoms with E-state index in [9.17, 15) is 13.2 Å². The third-order valence-electron chi connectivity index (χ3n) is 2.55. The van der Waals surface area contributed by atoms with Crippen LogP contribution in [0.5, 0.6) is 5.75 Å². The molecule has 2 aromatic rings. The molecular formula is C14H10F3O. The summed E-state index contributed by atoms with van der Waals surface area (Å²) in [6.07, 6.45) is -4.34. The Hall–Kier alpha value is -1.97. The van der Waals surface area contributed by atoms with Gasteiger partial charge in [-0.2, -0.15) is 13.2 Å². The van der Waals surface area contributed by atoms with Gasteiger partial charge in [0.05, 0.1) is 12.7 Å². The summed E-state index contributed by atoms with van der Waals surface area (Å²) in [7, 11) is 1.47. The Bertz CT molecular complexity index is 547. The molecular weight excluding hydrogens is 241 g/mol. The van der Waals surface area contributed by atoms with Crippen molar-refractivity contribution in [2.75, 3.05) is 7.11 Å². The number of alkyl halides is 3. The van der Waals surface area contributed by atoms with E-state index in [0.29, 0.717) is 16.9 Å². The molecule has 0 saturated carbocycles. The summed E-state index contributed by atoms with van der Waals surface area (Å²) >= 11 is 0. The predicted molar refractivity (Wildman–Crippen MR) is 62.3 cm³/mol. The molecule has 0 unspecified atom stereocenters. The summed E-state index contributed by atoms with van der Waals surface area (Å²) in [5.74, 6) is 0.497. The summed E-state index contributed by atoms with van der Waals surface area (Å²) in [5, 5.41) is 0. The first-order valence-corrected chi connectivity index (χ1v) is 5.24. The van der Waals surface area contributed by atoms with Gasteiger partial charge < -0.3 is 4.74 Å². The first kappa shape index (κ1) is 12.5. The maximum Gasteiger partial charge on any atom is 0.416 e. The maximum absolute atomic E-state index is 12.6. The second-order valence-corrected chi connectivity index (χ2v) is 3.70. The molecule has 0 atom stereocenters. The average molecular weight is 251 g/mol. The number of benzene rings is 2. The lowest BCUT2D eigenvalue weighted by Gasteiger charge is -2.11. The van der Waals surface area contributed by atoms with Gasteiger partial charge in [-0.25, -0.2) is 0 Å². The topological polar surface area (TPSA) is 9.23 Å². The number of halogens is 3. The Morgan fingerprint density at radius 1 is 1.17 bits per heavy atom. The summed E-state index contributed by atoms with van der Waals surface area (Å²) in [6.45, 7) is 0. The number of ether oxygens (including phenoxy) is 1. The van der Waals surface area contributed by atoms with Crippen molar-refractivity contribution in [2.24, 2.45) is 0 Å². The van der Waals surface area contributed by atoms with Crippen LogP contribution >= 0.6 is 0 Å². The lowest BCUT2D eigenvalue weighted by molar-refractivity contribution is -0.137.